The van der Waals surface area contributed by atoms with Crippen LogP contribution < -0.4 is 0 Å². The minimum absolute atomic E-state index is 0.314. The summed E-state index contributed by atoms with van der Waals surface area (Å²) >= 11 is 0. The molecule has 0 amide bonds. The van der Waals surface area contributed by atoms with Gasteiger partial charge in [-0.25, -0.2) is 0 Å². The van der Waals surface area contributed by atoms with Gasteiger partial charge in [0.05, 0.1) is 12.4 Å². The molecule has 1 heterocycles. The number of rotatable bonds is 6. The van der Waals surface area contributed by atoms with E-state index in [0.717, 1.165) is 30.6 Å². The summed E-state index contributed by atoms with van der Waals surface area (Å²) in [4.78, 5) is 0. The summed E-state index contributed by atoms with van der Waals surface area (Å²) in [7, 11) is 0. The quantitative estimate of drug-likeness (QED) is 0.502. The highest BCUT2D eigenvalue weighted by atomic mass is 16.5. The molecule has 0 N–H and O–H groups in total. The number of allylic oxidation sites excluding steroid dienone is 2. The zero-order valence-corrected chi connectivity index (χ0v) is 10.4. The Morgan fingerprint density at radius 3 is 2.75 bits per heavy atom. The van der Waals surface area contributed by atoms with Gasteiger partial charge in [-0.3, -0.25) is 0 Å². The highest BCUT2D eigenvalue weighted by Crippen LogP contribution is 2.28. The van der Waals surface area contributed by atoms with Gasteiger partial charge in [-0.1, -0.05) is 26.7 Å². The fourth-order valence-corrected chi connectivity index (χ4v) is 1.71. The summed E-state index contributed by atoms with van der Waals surface area (Å²) in [5.74, 6) is 2.10. The van der Waals surface area contributed by atoms with Gasteiger partial charge in [0.15, 0.2) is 0 Å². The summed E-state index contributed by atoms with van der Waals surface area (Å²) in [5.41, 5.74) is 0.887. The zero-order chi connectivity index (χ0) is 12.1. The molecule has 0 aliphatic carbocycles. The Labute approximate surface area is 98.6 Å². The molecule has 0 spiro atoms. The standard InChI is InChI=1S/C14H22O2/c1-10(2)13(5)15-9-8-11(3)14-7-6-12(4)16-14/h11,14H,1,4-9H2,2-3H3. The van der Waals surface area contributed by atoms with Gasteiger partial charge in [0, 0.05) is 6.42 Å². The molecular weight excluding hydrogens is 200 g/mol. The van der Waals surface area contributed by atoms with Gasteiger partial charge in [0.25, 0.3) is 0 Å². The van der Waals surface area contributed by atoms with Crippen LogP contribution in [0.4, 0.5) is 0 Å². The molecule has 0 saturated carbocycles. The van der Waals surface area contributed by atoms with Crippen LogP contribution in [0.1, 0.15) is 33.1 Å². The fraction of sp³-hybridized carbons (Fsp3) is 0.571. The fourth-order valence-electron chi connectivity index (χ4n) is 1.71. The zero-order valence-electron chi connectivity index (χ0n) is 10.4. The Morgan fingerprint density at radius 2 is 2.25 bits per heavy atom. The van der Waals surface area contributed by atoms with Crippen LogP contribution in [0, 0.1) is 5.92 Å². The maximum absolute atomic E-state index is 5.64. The van der Waals surface area contributed by atoms with Crippen molar-refractivity contribution >= 4 is 0 Å². The third-order valence-electron chi connectivity index (χ3n) is 2.99. The minimum atomic E-state index is 0.314. The van der Waals surface area contributed by atoms with E-state index in [4.69, 9.17) is 9.47 Å². The topological polar surface area (TPSA) is 18.5 Å². The van der Waals surface area contributed by atoms with Crippen molar-refractivity contribution in [3.8, 4) is 0 Å². The van der Waals surface area contributed by atoms with Gasteiger partial charge < -0.3 is 9.47 Å². The Balaban J connectivity index is 2.20. The Kier molecular flexibility index (Phi) is 4.66. The van der Waals surface area contributed by atoms with Crippen molar-refractivity contribution in [3.63, 3.8) is 0 Å². The van der Waals surface area contributed by atoms with Gasteiger partial charge in [0.2, 0.25) is 0 Å². The predicted octanol–water partition coefficient (Wildman–Crippen LogP) is 3.81. The van der Waals surface area contributed by atoms with E-state index in [2.05, 4.69) is 26.7 Å². The molecule has 0 aromatic carbocycles. The summed E-state index contributed by atoms with van der Waals surface area (Å²) < 4.78 is 11.1. The van der Waals surface area contributed by atoms with Crippen LogP contribution in [-0.2, 0) is 9.47 Å². The molecule has 0 bridgehead atoms. The Morgan fingerprint density at radius 1 is 1.56 bits per heavy atom. The van der Waals surface area contributed by atoms with Crippen LogP contribution in [0.2, 0.25) is 0 Å². The van der Waals surface area contributed by atoms with E-state index in [-0.39, 0.29) is 0 Å². The first-order chi connectivity index (χ1) is 7.50. The van der Waals surface area contributed by atoms with Gasteiger partial charge >= 0.3 is 0 Å². The molecule has 1 fully saturated rings. The lowest BCUT2D eigenvalue weighted by molar-refractivity contribution is 0.0893. The molecule has 0 aromatic rings. The van der Waals surface area contributed by atoms with Crippen LogP contribution in [0.3, 0.4) is 0 Å². The molecular formula is C14H22O2. The first-order valence-electron chi connectivity index (χ1n) is 5.82. The van der Waals surface area contributed by atoms with Crippen molar-refractivity contribution in [3.05, 3.63) is 36.8 Å². The van der Waals surface area contributed by atoms with E-state index in [1.165, 1.54) is 0 Å². The smallest absolute Gasteiger partial charge is 0.114 e. The van der Waals surface area contributed by atoms with Gasteiger partial charge in [-0.05, 0) is 31.3 Å². The monoisotopic (exact) mass is 222 g/mol. The first-order valence-corrected chi connectivity index (χ1v) is 5.82. The molecule has 1 rings (SSSR count). The Bertz CT molecular complexity index is 291. The van der Waals surface area contributed by atoms with Crippen LogP contribution in [0.25, 0.3) is 0 Å². The number of hydrogen-bond donors (Lipinski definition) is 0. The average molecular weight is 222 g/mol. The van der Waals surface area contributed by atoms with Crippen molar-refractivity contribution < 1.29 is 9.47 Å². The van der Waals surface area contributed by atoms with E-state index in [0.29, 0.717) is 24.4 Å². The third-order valence-corrected chi connectivity index (χ3v) is 2.99. The van der Waals surface area contributed by atoms with E-state index < -0.39 is 0 Å². The molecule has 2 heteroatoms. The highest BCUT2D eigenvalue weighted by Gasteiger charge is 2.24. The SMILES string of the molecule is C=C1CCC(C(C)CCOC(=C)C(=C)C)O1. The van der Waals surface area contributed by atoms with Crippen molar-refractivity contribution in [2.24, 2.45) is 5.92 Å². The van der Waals surface area contributed by atoms with Gasteiger partial charge in [0.1, 0.15) is 11.9 Å². The molecule has 1 aliphatic rings. The predicted molar refractivity (Wildman–Crippen MR) is 66.9 cm³/mol. The summed E-state index contributed by atoms with van der Waals surface area (Å²) in [6, 6.07) is 0. The minimum Gasteiger partial charge on any atom is -0.495 e. The summed E-state index contributed by atoms with van der Waals surface area (Å²) in [6.45, 7) is 16.2. The van der Waals surface area contributed by atoms with E-state index in [1.54, 1.807) is 0 Å². The Hall–Kier alpha value is -1.18. The van der Waals surface area contributed by atoms with Crippen LogP contribution in [0.15, 0.2) is 36.8 Å². The lowest BCUT2D eigenvalue weighted by Gasteiger charge is -2.19. The second kappa shape index (κ2) is 5.78. The average Bonchev–Trinajstić information content (AvgIpc) is 2.64. The lowest BCUT2D eigenvalue weighted by atomic mass is 9.99. The molecule has 16 heavy (non-hydrogen) atoms. The molecule has 2 nitrogen and oxygen atoms in total. The summed E-state index contributed by atoms with van der Waals surface area (Å²) in [5, 5.41) is 0. The van der Waals surface area contributed by atoms with Crippen LogP contribution in [-0.4, -0.2) is 12.7 Å². The highest BCUT2D eigenvalue weighted by molar-refractivity contribution is 5.15. The van der Waals surface area contributed by atoms with E-state index in [1.807, 2.05) is 6.92 Å². The molecule has 1 saturated heterocycles. The molecule has 2 atom stereocenters. The normalized spacial score (nSPS) is 21.4. The van der Waals surface area contributed by atoms with Gasteiger partial charge in [-0.2, -0.15) is 0 Å². The number of hydrogen-bond acceptors (Lipinski definition) is 2. The molecule has 0 aromatic heterocycles. The molecule has 0 radical (unpaired) electrons. The second-order valence-electron chi connectivity index (χ2n) is 4.55. The maximum atomic E-state index is 5.64. The van der Waals surface area contributed by atoms with Crippen LogP contribution in [0.5, 0.6) is 0 Å². The van der Waals surface area contributed by atoms with E-state index in [9.17, 15) is 0 Å². The number of ether oxygens (including phenoxy) is 2. The van der Waals surface area contributed by atoms with Crippen molar-refractivity contribution in [2.75, 3.05) is 6.61 Å². The van der Waals surface area contributed by atoms with Crippen LogP contribution >= 0.6 is 0 Å². The first kappa shape index (κ1) is 12.9. The van der Waals surface area contributed by atoms with Gasteiger partial charge in [-0.15, -0.1) is 0 Å². The molecule has 2 unspecified atom stereocenters. The van der Waals surface area contributed by atoms with E-state index >= 15 is 0 Å². The van der Waals surface area contributed by atoms with Crippen molar-refractivity contribution in [1.29, 1.82) is 0 Å². The van der Waals surface area contributed by atoms with Crippen molar-refractivity contribution in [1.82, 2.24) is 0 Å². The second-order valence-corrected chi connectivity index (χ2v) is 4.55. The van der Waals surface area contributed by atoms with Crippen molar-refractivity contribution in [2.45, 2.75) is 39.2 Å². The molecule has 1 aliphatic heterocycles. The largest absolute Gasteiger partial charge is 0.495 e. The molecule has 90 valence electrons. The summed E-state index contributed by atoms with van der Waals surface area (Å²) in [6.07, 6.45) is 3.37. The third kappa shape index (κ3) is 3.76. The lowest BCUT2D eigenvalue weighted by Crippen LogP contribution is -2.17. The maximum Gasteiger partial charge on any atom is 0.114 e.